The monoisotopic (exact) mass is 293 g/mol. The average molecular weight is 294 g/mol. The van der Waals surface area contributed by atoms with Gasteiger partial charge in [0.2, 0.25) is 0 Å². The van der Waals surface area contributed by atoms with Crippen molar-refractivity contribution in [2.75, 3.05) is 5.75 Å². The first kappa shape index (κ1) is 14.9. The largest absolute Gasteiger partial charge is 0.230 e. The summed E-state index contributed by atoms with van der Waals surface area (Å²) in [6.45, 7) is 9.04. The van der Waals surface area contributed by atoms with Crippen LogP contribution in [0.15, 0.2) is 22.5 Å². The van der Waals surface area contributed by atoms with Crippen molar-refractivity contribution in [3.63, 3.8) is 0 Å². The van der Waals surface area contributed by atoms with Crippen molar-refractivity contribution < 1.29 is 0 Å². The fraction of sp³-hybridized carbons (Fsp3) is 0.562. The van der Waals surface area contributed by atoms with Crippen LogP contribution in [-0.4, -0.2) is 10.7 Å². The highest BCUT2D eigenvalue weighted by molar-refractivity contribution is 8.01. The summed E-state index contributed by atoms with van der Waals surface area (Å²) in [7, 11) is 0. The third kappa shape index (κ3) is 4.22. The highest BCUT2D eigenvalue weighted by Gasteiger charge is 2.07. The van der Waals surface area contributed by atoms with E-state index >= 15 is 0 Å². The number of benzene rings is 1. The van der Waals surface area contributed by atoms with Crippen LogP contribution in [0.5, 0.6) is 0 Å². The standard InChI is InChI=1S/C16H23NS2/c1-11(2)6-5-9-18-16-17-14-10-13(12(3)4)7-8-15(14)19-16/h7-8,10-12H,5-6,9H2,1-4H3. The summed E-state index contributed by atoms with van der Waals surface area (Å²) in [6, 6.07) is 6.70. The number of nitrogens with zero attached hydrogens (tertiary/aromatic N) is 1. The van der Waals surface area contributed by atoms with E-state index in [-0.39, 0.29) is 0 Å². The highest BCUT2D eigenvalue weighted by Crippen LogP contribution is 2.31. The van der Waals surface area contributed by atoms with Gasteiger partial charge in [-0.3, -0.25) is 0 Å². The van der Waals surface area contributed by atoms with Crippen molar-refractivity contribution >= 4 is 33.3 Å². The number of thioether (sulfide) groups is 1. The predicted molar refractivity (Wildman–Crippen MR) is 88.5 cm³/mol. The zero-order valence-electron chi connectivity index (χ0n) is 12.3. The van der Waals surface area contributed by atoms with E-state index in [2.05, 4.69) is 45.9 Å². The second-order valence-electron chi connectivity index (χ2n) is 5.75. The Hall–Kier alpha value is -0.540. The molecule has 1 aromatic carbocycles. The number of aromatic nitrogens is 1. The van der Waals surface area contributed by atoms with Crippen LogP contribution in [0.3, 0.4) is 0 Å². The van der Waals surface area contributed by atoms with E-state index in [0.717, 1.165) is 5.92 Å². The van der Waals surface area contributed by atoms with Gasteiger partial charge < -0.3 is 0 Å². The van der Waals surface area contributed by atoms with Crippen LogP contribution >= 0.6 is 23.1 Å². The van der Waals surface area contributed by atoms with Gasteiger partial charge in [0, 0.05) is 5.75 Å². The SMILES string of the molecule is CC(C)CCCSc1nc2cc(C(C)C)ccc2s1. The van der Waals surface area contributed by atoms with Gasteiger partial charge in [0.25, 0.3) is 0 Å². The van der Waals surface area contributed by atoms with Gasteiger partial charge in [0.15, 0.2) is 4.34 Å². The molecule has 0 radical (unpaired) electrons. The second-order valence-corrected chi connectivity index (χ2v) is 8.12. The normalized spacial score (nSPS) is 11.9. The van der Waals surface area contributed by atoms with Crippen LogP contribution in [0.25, 0.3) is 10.2 Å². The molecule has 0 atom stereocenters. The Morgan fingerprint density at radius 3 is 2.68 bits per heavy atom. The lowest BCUT2D eigenvalue weighted by molar-refractivity contribution is 0.579. The van der Waals surface area contributed by atoms with E-state index in [9.17, 15) is 0 Å². The number of hydrogen-bond acceptors (Lipinski definition) is 3. The second kappa shape index (κ2) is 6.76. The number of hydrogen-bond donors (Lipinski definition) is 0. The maximum atomic E-state index is 4.75. The minimum atomic E-state index is 0.577. The van der Waals surface area contributed by atoms with E-state index in [1.54, 1.807) is 0 Å². The summed E-state index contributed by atoms with van der Waals surface area (Å²) in [6.07, 6.45) is 2.60. The summed E-state index contributed by atoms with van der Waals surface area (Å²) in [5, 5.41) is 0. The van der Waals surface area contributed by atoms with Gasteiger partial charge in [0.05, 0.1) is 10.2 Å². The molecule has 1 aromatic heterocycles. The Balaban J connectivity index is 2.01. The Bertz CT molecular complexity index is 529. The first-order valence-corrected chi connectivity index (χ1v) is 8.89. The maximum absolute atomic E-state index is 4.75. The van der Waals surface area contributed by atoms with Crippen LogP contribution in [0.2, 0.25) is 0 Å². The molecule has 0 amide bonds. The zero-order chi connectivity index (χ0) is 13.8. The van der Waals surface area contributed by atoms with Crippen molar-refractivity contribution in [2.24, 2.45) is 5.92 Å². The van der Waals surface area contributed by atoms with Crippen LogP contribution < -0.4 is 0 Å². The fourth-order valence-electron chi connectivity index (χ4n) is 2.00. The molecule has 0 aliphatic rings. The molecule has 1 heterocycles. The third-order valence-corrected chi connectivity index (χ3v) is 5.48. The molecule has 0 saturated heterocycles. The average Bonchev–Trinajstić information content (AvgIpc) is 2.75. The number of fused-ring (bicyclic) bond motifs is 1. The van der Waals surface area contributed by atoms with E-state index in [1.807, 2.05) is 23.1 Å². The zero-order valence-corrected chi connectivity index (χ0v) is 13.9. The topological polar surface area (TPSA) is 12.9 Å². The lowest BCUT2D eigenvalue weighted by Gasteiger charge is -2.03. The molecule has 3 heteroatoms. The summed E-state index contributed by atoms with van der Waals surface area (Å²) in [4.78, 5) is 4.75. The molecule has 0 bridgehead atoms. The number of thiazole rings is 1. The van der Waals surface area contributed by atoms with Crippen molar-refractivity contribution in [3.05, 3.63) is 23.8 Å². The molecule has 0 fully saturated rings. The van der Waals surface area contributed by atoms with Gasteiger partial charge in [-0.05, 0) is 36.0 Å². The molecule has 0 unspecified atom stereocenters. The molecule has 2 rings (SSSR count). The van der Waals surface area contributed by atoms with Crippen LogP contribution in [0.1, 0.15) is 52.0 Å². The molecule has 0 spiro atoms. The molecule has 0 aliphatic carbocycles. The van der Waals surface area contributed by atoms with Gasteiger partial charge in [-0.25, -0.2) is 4.98 Å². The molecule has 0 N–H and O–H groups in total. The Morgan fingerprint density at radius 2 is 2.00 bits per heavy atom. The van der Waals surface area contributed by atoms with Gasteiger partial charge in [-0.1, -0.05) is 51.9 Å². The molecule has 104 valence electrons. The fourth-order valence-corrected chi connectivity index (χ4v) is 4.08. The minimum absolute atomic E-state index is 0.577. The molecule has 0 aliphatic heterocycles. The quantitative estimate of drug-likeness (QED) is 0.482. The van der Waals surface area contributed by atoms with Crippen molar-refractivity contribution in [1.29, 1.82) is 0 Å². The van der Waals surface area contributed by atoms with E-state index in [4.69, 9.17) is 4.98 Å². The molecule has 19 heavy (non-hydrogen) atoms. The smallest absolute Gasteiger partial charge is 0.151 e. The Kier molecular flexibility index (Phi) is 5.28. The molecular formula is C16H23NS2. The van der Waals surface area contributed by atoms with E-state index in [1.165, 1.54) is 38.7 Å². The van der Waals surface area contributed by atoms with Crippen molar-refractivity contribution in [2.45, 2.75) is 50.8 Å². The van der Waals surface area contributed by atoms with Gasteiger partial charge in [-0.15, -0.1) is 11.3 Å². The first-order valence-electron chi connectivity index (χ1n) is 7.09. The van der Waals surface area contributed by atoms with Crippen LogP contribution in [0.4, 0.5) is 0 Å². The summed E-state index contributed by atoms with van der Waals surface area (Å²) in [5.74, 6) is 2.58. The highest BCUT2D eigenvalue weighted by atomic mass is 32.2. The van der Waals surface area contributed by atoms with Crippen LogP contribution in [0, 0.1) is 5.92 Å². The maximum Gasteiger partial charge on any atom is 0.151 e. The van der Waals surface area contributed by atoms with Crippen molar-refractivity contribution in [1.82, 2.24) is 4.98 Å². The van der Waals surface area contributed by atoms with Crippen molar-refractivity contribution in [3.8, 4) is 0 Å². The number of rotatable bonds is 6. The molecular weight excluding hydrogens is 270 g/mol. The predicted octanol–water partition coefficient (Wildman–Crippen LogP) is 5.95. The van der Waals surface area contributed by atoms with E-state index in [0.29, 0.717) is 5.92 Å². The molecule has 0 saturated carbocycles. The van der Waals surface area contributed by atoms with Gasteiger partial charge in [-0.2, -0.15) is 0 Å². The van der Waals surface area contributed by atoms with Gasteiger partial charge in [0.1, 0.15) is 0 Å². The van der Waals surface area contributed by atoms with Crippen LogP contribution in [-0.2, 0) is 0 Å². The lowest BCUT2D eigenvalue weighted by Crippen LogP contribution is -1.88. The minimum Gasteiger partial charge on any atom is -0.230 e. The van der Waals surface area contributed by atoms with E-state index < -0.39 is 0 Å². The lowest BCUT2D eigenvalue weighted by atomic mass is 10.0. The Labute approximate surface area is 124 Å². The van der Waals surface area contributed by atoms with Gasteiger partial charge >= 0.3 is 0 Å². The summed E-state index contributed by atoms with van der Waals surface area (Å²) < 4.78 is 2.54. The Morgan fingerprint density at radius 1 is 1.21 bits per heavy atom. The summed E-state index contributed by atoms with van der Waals surface area (Å²) in [5.41, 5.74) is 2.55. The molecule has 1 nitrogen and oxygen atoms in total. The molecule has 2 aromatic rings. The first-order chi connectivity index (χ1) is 9.06. The summed E-state index contributed by atoms with van der Waals surface area (Å²) >= 11 is 3.74. The third-order valence-electron chi connectivity index (χ3n) is 3.21.